The number of hydrogen-bond donors (Lipinski definition) is 1. The summed E-state index contributed by atoms with van der Waals surface area (Å²) in [7, 11) is 0. The van der Waals surface area contributed by atoms with E-state index >= 15 is 0 Å². The van der Waals surface area contributed by atoms with Crippen molar-refractivity contribution in [3.05, 3.63) is 35.9 Å². The molecule has 0 spiro atoms. The summed E-state index contributed by atoms with van der Waals surface area (Å²) >= 11 is 0. The van der Waals surface area contributed by atoms with Gasteiger partial charge in [-0.1, -0.05) is 30.3 Å². The number of aliphatic hydroxyl groups excluding tert-OH is 1. The van der Waals surface area contributed by atoms with E-state index in [4.69, 9.17) is 4.74 Å². The Morgan fingerprint density at radius 2 is 1.93 bits per heavy atom. The summed E-state index contributed by atoms with van der Waals surface area (Å²) < 4.78 is 5.78. The number of ether oxygens (including phenoxy) is 1. The average Bonchev–Trinajstić information content (AvgIpc) is 2.18. The fourth-order valence-electron chi connectivity index (χ4n) is 2.00. The van der Waals surface area contributed by atoms with Crippen LogP contribution in [-0.4, -0.2) is 17.3 Å². The molecule has 0 saturated carbocycles. The van der Waals surface area contributed by atoms with Crippen molar-refractivity contribution >= 4 is 0 Å². The highest BCUT2D eigenvalue weighted by molar-refractivity contribution is 5.18. The third-order valence-corrected chi connectivity index (χ3v) is 2.66. The minimum atomic E-state index is -0.219. The van der Waals surface area contributed by atoms with Gasteiger partial charge >= 0.3 is 0 Å². The van der Waals surface area contributed by atoms with Gasteiger partial charge in [-0.3, -0.25) is 0 Å². The summed E-state index contributed by atoms with van der Waals surface area (Å²) in [5.41, 5.74) is 1.16. The summed E-state index contributed by atoms with van der Waals surface area (Å²) in [6, 6.07) is 10.1. The highest BCUT2D eigenvalue weighted by Gasteiger charge is 2.26. The lowest BCUT2D eigenvalue weighted by Crippen LogP contribution is -2.29. The zero-order valence-electron chi connectivity index (χ0n) is 8.39. The molecule has 2 rings (SSSR count). The highest BCUT2D eigenvalue weighted by atomic mass is 16.5. The molecule has 0 amide bonds. The molecule has 1 fully saturated rings. The van der Waals surface area contributed by atoms with Gasteiger partial charge in [-0.2, -0.15) is 0 Å². The predicted molar refractivity (Wildman–Crippen MR) is 55.0 cm³/mol. The first-order chi connectivity index (χ1) is 6.75. The average molecular weight is 192 g/mol. The molecule has 1 N–H and O–H groups in total. The van der Waals surface area contributed by atoms with E-state index in [2.05, 4.69) is 12.1 Å². The Hall–Kier alpha value is -0.860. The lowest BCUT2D eigenvalue weighted by molar-refractivity contribution is -0.0895. The van der Waals surface area contributed by atoms with Gasteiger partial charge in [0.15, 0.2) is 0 Å². The molecular weight excluding hydrogens is 176 g/mol. The molecule has 1 aliphatic heterocycles. The van der Waals surface area contributed by atoms with Crippen molar-refractivity contribution in [2.75, 3.05) is 0 Å². The molecule has 1 aromatic carbocycles. The van der Waals surface area contributed by atoms with Crippen LogP contribution in [-0.2, 0) is 4.74 Å². The third kappa shape index (κ3) is 2.14. The lowest BCUT2D eigenvalue weighted by atomic mass is 9.97. The summed E-state index contributed by atoms with van der Waals surface area (Å²) in [6.45, 7) is 2.01. The lowest BCUT2D eigenvalue weighted by Gasteiger charge is -2.31. The van der Waals surface area contributed by atoms with Crippen LogP contribution >= 0.6 is 0 Å². The van der Waals surface area contributed by atoms with Crippen LogP contribution in [0.1, 0.15) is 31.4 Å². The highest BCUT2D eigenvalue weighted by Crippen LogP contribution is 2.30. The quantitative estimate of drug-likeness (QED) is 0.739. The first-order valence-electron chi connectivity index (χ1n) is 5.14. The van der Waals surface area contributed by atoms with Crippen molar-refractivity contribution in [2.24, 2.45) is 0 Å². The van der Waals surface area contributed by atoms with E-state index in [1.807, 2.05) is 25.1 Å². The largest absolute Gasteiger partial charge is 0.393 e. The van der Waals surface area contributed by atoms with Crippen molar-refractivity contribution < 1.29 is 9.84 Å². The monoisotopic (exact) mass is 192 g/mol. The summed E-state index contributed by atoms with van der Waals surface area (Å²) in [5, 5.41) is 9.63. The molecule has 1 saturated heterocycles. The van der Waals surface area contributed by atoms with E-state index in [1.54, 1.807) is 0 Å². The van der Waals surface area contributed by atoms with Crippen LogP contribution < -0.4 is 0 Å². The molecule has 1 aromatic rings. The summed E-state index contributed by atoms with van der Waals surface area (Å²) in [5.74, 6) is 0. The van der Waals surface area contributed by atoms with Crippen LogP contribution in [0.5, 0.6) is 0 Å². The molecule has 3 unspecified atom stereocenters. The molecule has 1 heterocycles. The standard InChI is InChI=1S/C12H16O2/c1-9-7-11(13)8-12(14-9)10-5-3-2-4-6-10/h2-6,9,11-13H,7-8H2,1H3. The second kappa shape index (κ2) is 4.11. The molecule has 0 aromatic heterocycles. The second-order valence-electron chi connectivity index (χ2n) is 3.97. The molecule has 2 nitrogen and oxygen atoms in total. The first kappa shape index (κ1) is 9.69. The van der Waals surface area contributed by atoms with E-state index < -0.39 is 0 Å². The molecule has 0 bridgehead atoms. The van der Waals surface area contributed by atoms with E-state index in [0.717, 1.165) is 12.0 Å². The fraction of sp³-hybridized carbons (Fsp3) is 0.500. The topological polar surface area (TPSA) is 29.5 Å². The number of aliphatic hydroxyl groups is 1. The Morgan fingerprint density at radius 3 is 2.57 bits per heavy atom. The Kier molecular flexibility index (Phi) is 2.85. The van der Waals surface area contributed by atoms with Gasteiger partial charge in [0, 0.05) is 6.42 Å². The van der Waals surface area contributed by atoms with Gasteiger partial charge in [0.1, 0.15) is 0 Å². The Labute approximate surface area is 84.5 Å². The van der Waals surface area contributed by atoms with Crippen LogP contribution in [0, 0.1) is 0 Å². The van der Waals surface area contributed by atoms with Gasteiger partial charge in [-0.15, -0.1) is 0 Å². The first-order valence-corrected chi connectivity index (χ1v) is 5.14. The number of hydrogen-bond acceptors (Lipinski definition) is 2. The van der Waals surface area contributed by atoms with Crippen molar-refractivity contribution in [1.82, 2.24) is 0 Å². The summed E-state index contributed by atoms with van der Waals surface area (Å²) in [6.07, 6.45) is 1.47. The minimum absolute atomic E-state index is 0.0648. The molecule has 1 aliphatic rings. The van der Waals surface area contributed by atoms with Crippen molar-refractivity contribution in [2.45, 2.75) is 38.1 Å². The third-order valence-electron chi connectivity index (χ3n) is 2.66. The zero-order valence-corrected chi connectivity index (χ0v) is 8.39. The normalized spacial score (nSPS) is 32.9. The van der Waals surface area contributed by atoms with Gasteiger partial charge in [0.25, 0.3) is 0 Å². The van der Waals surface area contributed by atoms with Crippen LogP contribution in [0.3, 0.4) is 0 Å². The molecule has 0 aliphatic carbocycles. The Balaban J connectivity index is 2.11. The SMILES string of the molecule is CC1CC(O)CC(c2ccccc2)O1. The fourth-order valence-corrected chi connectivity index (χ4v) is 2.00. The van der Waals surface area contributed by atoms with Crippen molar-refractivity contribution in [1.29, 1.82) is 0 Å². The minimum Gasteiger partial charge on any atom is -0.393 e. The molecule has 2 heteroatoms. The van der Waals surface area contributed by atoms with Crippen LogP contribution in [0.25, 0.3) is 0 Å². The van der Waals surface area contributed by atoms with Gasteiger partial charge in [-0.25, -0.2) is 0 Å². The zero-order chi connectivity index (χ0) is 9.97. The molecule has 3 atom stereocenters. The van der Waals surface area contributed by atoms with Gasteiger partial charge in [0.05, 0.1) is 18.3 Å². The smallest absolute Gasteiger partial charge is 0.0853 e. The van der Waals surface area contributed by atoms with Gasteiger partial charge < -0.3 is 9.84 Å². The summed E-state index contributed by atoms with van der Waals surface area (Å²) in [4.78, 5) is 0. The van der Waals surface area contributed by atoms with E-state index in [9.17, 15) is 5.11 Å². The van der Waals surface area contributed by atoms with E-state index in [-0.39, 0.29) is 18.3 Å². The number of rotatable bonds is 1. The molecule has 14 heavy (non-hydrogen) atoms. The van der Waals surface area contributed by atoms with Crippen molar-refractivity contribution in [3.63, 3.8) is 0 Å². The maximum absolute atomic E-state index is 9.63. The maximum atomic E-state index is 9.63. The van der Waals surface area contributed by atoms with E-state index in [0.29, 0.717) is 6.42 Å². The predicted octanol–water partition coefficient (Wildman–Crippen LogP) is 2.29. The van der Waals surface area contributed by atoms with Crippen molar-refractivity contribution in [3.8, 4) is 0 Å². The van der Waals surface area contributed by atoms with Crippen LogP contribution in [0.2, 0.25) is 0 Å². The Morgan fingerprint density at radius 1 is 1.21 bits per heavy atom. The van der Waals surface area contributed by atoms with Crippen LogP contribution in [0.15, 0.2) is 30.3 Å². The Bertz CT molecular complexity index is 274. The molecule has 76 valence electrons. The van der Waals surface area contributed by atoms with Crippen LogP contribution in [0.4, 0.5) is 0 Å². The van der Waals surface area contributed by atoms with E-state index in [1.165, 1.54) is 0 Å². The molecular formula is C12H16O2. The van der Waals surface area contributed by atoms with Gasteiger partial charge in [0.2, 0.25) is 0 Å². The van der Waals surface area contributed by atoms with Gasteiger partial charge in [-0.05, 0) is 18.9 Å². The second-order valence-corrected chi connectivity index (χ2v) is 3.97. The molecule has 0 radical (unpaired) electrons. The number of benzene rings is 1. The maximum Gasteiger partial charge on any atom is 0.0853 e.